The SMILES string of the molecule is CC1CCC(CCC(=O)NCCC2CCCNC2)O1. The van der Waals surface area contributed by atoms with Crippen molar-refractivity contribution in [2.24, 2.45) is 5.92 Å². The van der Waals surface area contributed by atoms with Gasteiger partial charge in [0.15, 0.2) is 0 Å². The number of hydrogen-bond donors (Lipinski definition) is 2. The van der Waals surface area contributed by atoms with E-state index in [4.69, 9.17) is 4.74 Å². The average Bonchev–Trinajstić information content (AvgIpc) is 2.83. The van der Waals surface area contributed by atoms with E-state index in [0.29, 0.717) is 18.6 Å². The van der Waals surface area contributed by atoms with Gasteiger partial charge in [-0.15, -0.1) is 0 Å². The third-order valence-corrected chi connectivity index (χ3v) is 4.29. The van der Waals surface area contributed by atoms with Gasteiger partial charge in [-0.05, 0) is 64.5 Å². The summed E-state index contributed by atoms with van der Waals surface area (Å²) in [6, 6.07) is 0. The van der Waals surface area contributed by atoms with E-state index in [-0.39, 0.29) is 5.91 Å². The molecule has 2 heterocycles. The predicted octanol–water partition coefficient (Wildman–Crippen LogP) is 1.84. The maximum atomic E-state index is 11.7. The van der Waals surface area contributed by atoms with E-state index in [1.807, 2.05) is 0 Å². The first-order chi connectivity index (χ1) is 9.24. The maximum absolute atomic E-state index is 11.7. The van der Waals surface area contributed by atoms with Crippen LogP contribution in [0, 0.1) is 5.92 Å². The van der Waals surface area contributed by atoms with Gasteiger partial charge in [0.05, 0.1) is 12.2 Å². The maximum Gasteiger partial charge on any atom is 0.220 e. The summed E-state index contributed by atoms with van der Waals surface area (Å²) < 4.78 is 5.72. The van der Waals surface area contributed by atoms with Crippen molar-refractivity contribution in [2.45, 2.75) is 64.1 Å². The van der Waals surface area contributed by atoms with Gasteiger partial charge in [-0.1, -0.05) is 0 Å². The quantitative estimate of drug-likeness (QED) is 0.773. The van der Waals surface area contributed by atoms with Crippen LogP contribution in [0.3, 0.4) is 0 Å². The molecule has 0 aromatic carbocycles. The Morgan fingerprint density at radius 2 is 2.21 bits per heavy atom. The highest BCUT2D eigenvalue weighted by Crippen LogP contribution is 2.22. The smallest absolute Gasteiger partial charge is 0.220 e. The Morgan fingerprint density at radius 1 is 1.32 bits per heavy atom. The molecule has 0 radical (unpaired) electrons. The van der Waals surface area contributed by atoms with Crippen LogP contribution in [0.4, 0.5) is 0 Å². The number of piperidine rings is 1. The van der Waals surface area contributed by atoms with Gasteiger partial charge in [0.25, 0.3) is 0 Å². The first-order valence-electron chi connectivity index (χ1n) is 7.87. The first kappa shape index (κ1) is 14.8. The summed E-state index contributed by atoms with van der Waals surface area (Å²) >= 11 is 0. The zero-order valence-corrected chi connectivity index (χ0v) is 12.1. The van der Waals surface area contributed by atoms with E-state index in [1.54, 1.807) is 0 Å². The zero-order valence-electron chi connectivity index (χ0n) is 12.1. The Morgan fingerprint density at radius 3 is 2.89 bits per heavy atom. The van der Waals surface area contributed by atoms with Crippen LogP contribution in [0.25, 0.3) is 0 Å². The highest BCUT2D eigenvalue weighted by molar-refractivity contribution is 5.75. The van der Waals surface area contributed by atoms with Gasteiger partial charge in [0.2, 0.25) is 5.91 Å². The first-order valence-corrected chi connectivity index (χ1v) is 7.87. The van der Waals surface area contributed by atoms with E-state index in [9.17, 15) is 4.79 Å². The molecule has 0 aliphatic carbocycles. The standard InChI is InChI=1S/C15H28N2O2/c1-12-4-5-14(19-12)6-7-15(18)17-10-8-13-3-2-9-16-11-13/h12-14,16H,2-11H2,1H3,(H,17,18). The van der Waals surface area contributed by atoms with Gasteiger partial charge >= 0.3 is 0 Å². The van der Waals surface area contributed by atoms with Crippen molar-refractivity contribution in [3.63, 3.8) is 0 Å². The summed E-state index contributed by atoms with van der Waals surface area (Å²) in [4.78, 5) is 11.7. The van der Waals surface area contributed by atoms with Crippen LogP contribution in [0.2, 0.25) is 0 Å². The van der Waals surface area contributed by atoms with Crippen LogP contribution in [0.1, 0.15) is 51.9 Å². The molecule has 4 heteroatoms. The predicted molar refractivity (Wildman–Crippen MR) is 76.0 cm³/mol. The molecule has 2 saturated heterocycles. The molecule has 2 aliphatic heterocycles. The zero-order chi connectivity index (χ0) is 13.5. The molecule has 0 aromatic heterocycles. The summed E-state index contributed by atoms with van der Waals surface area (Å²) in [6.45, 7) is 5.21. The van der Waals surface area contributed by atoms with Crippen LogP contribution < -0.4 is 10.6 Å². The van der Waals surface area contributed by atoms with Crippen molar-refractivity contribution in [3.05, 3.63) is 0 Å². The molecular weight excluding hydrogens is 240 g/mol. The normalized spacial score (nSPS) is 31.3. The van der Waals surface area contributed by atoms with Crippen molar-refractivity contribution in [1.29, 1.82) is 0 Å². The van der Waals surface area contributed by atoms with Crippen LogP contribution in [0.15, 0.2) is 0 Å². The van der Waals surface area contributed by atoms with Gasteiger partial charge in [0.1, 0.15) is 0 Å². The van der Waals surface area contributed by atoms with E-state index in [0.717, 1.165) is 51.2 Å². The van der Waals surface area contributed by atoms with Crippen LogP contribution in [0.5, 0.6) is 0 Å². The van der Waals surface area contributed by atoms with E-state index < -0.39 is 0 Å². The van der Waals surface area contributed by atoms with Gasteiger partial charge in [-0.3, -0.25) is 4.79 Å². The summed E-state index contributed by atoms with van der Waals surface area (Å²) in [5, 5.41) is 6.45. The van der Waals surface area contributed by atoms with Crippen LogP contribution in [-0.2, 0) is 9.53 Å². The number of hydrogen-bond acceptors (Lipinski definition) is 3. The number of carbonyl (C=O) groups is 1. The molecule has 19 heavy (non-hydrogen) atoms. The Balaban J connectivity index is 1.49. The highest BCUT2D eigenvalue weighted by Gasteiger charge is 2.22. The monoisotopic (exact) mass is 268 g/mol. The molecular formula is C15H28N2O2. The minimum atomic E-state index is 0.187. The molecule has 2 N–H and O–H groups in total. The summed E-state index contributed by atoms with van der Waals surface area (Å²) in [5.41, 5.74) is 0. The molecule has 0 spiro atoms. The fraction of sp³-hybridized carbons (Fsp3) is 0.933. The number of ether oxygens (including phenoxy) is 1. The molecule has 3 unspecified atom stereocenters. The van der Waals surface area contributed by atoms with Gasteiger partial charge in [-0.25, -0.2) is 0 Å². The Bertz CT molecular complexity index is 277. The Kier molecular flexibility index (Phi) is 6.11. The molecule has 0 bridgehead atoms. The van der Waals surface area contributed by atoms with Crippen molar-refractivity contribution >= 4 is 5.91 Å². The Hall–Kier alpha value is -0.610. The molecule has 2 rings (SSSR count). The van der Waals surface area contributed by atoms with Gasteiger partial charge in [0, 0.05) is 13.0 Å². The number of rotatable bonds is 6. The van der Waals surface area contributed by atoms with Crippen LogP contribution in [-0.4, -0.2) is 37.7 Å². The summed E-state index contributed by atoms with van der Waals surface area (Å²) in [7, 11) is 0. The second-order valence-corrected chi connectivity index (χ2v) is 6.04. The average molecular weight is 268 g/mol. The molecule has 2 aliphatic rings. The molecule has 3 atom stereocenters. The van der Waals surface area contributed by atoms with Gasteiger partial charge < -0.3 is 15.4 Å². The lowest BCUT2D eigenvalue weighted by Gasteiger charge is -2.22. The van der Waals surface area contributed by atoms with Gasteiger partial charge in [-0.2, -0.15) is 0 Å². The third kappa shape index (κ3) is 5.49. The second-order valence-electron chi connectivity index (χ2n) is 6.04. The van der Waals surface area contributed by atoms with Crippen molar-refractivity contribution in [1.82, 2.24) is 10.6 Å². The summed E-state index contributed by atoms with van der Waals surface area (Å²) in [5.74, 6) is 0.931. The van der Waals surface area contributed by atoms with E-state index in [1.165, 1.54) is 12.8 Å². The van der Waals surface area contributed by atoms with E-state index >= 15 is 0 Å². The highest BCUT2D eigenvalue weighted by atomic mass is 16.5. The molecule has 1 amide bonds. The van der Waals surface area contributed by atoms with Crippen molar-refractivity contribution in [3.8, 4) is 0 Å². The fourth-order valence-corrected chi connectivity index (χ4v) is 3.06. The molecule has 110 valence electrons. The molecule has 0 saturated carbocycles. The fourth-order valence-electron chi connectivity index (χ4n) is 3.06. The minimum absolute atomic E-state index is 0.187. The molecule has 4 nitrogen and oxygen atoms in total. The minimum Gasteiger partial charge on any atom is -0.375 e. The third-order valence-electron chi connectivity index (χ3n) is 4.29. The van der Waals surface area contributed by atoms with Crippen LogP contribution >= 0.6 is 0 Å². The largest absolute Gasteiger partial charge is 0.375 e. The van der Waals surface area contributed by atoms with E-state index in [2.05, 4.69) is 17.6 Å². The summed E-state index contributed by atoms with van der Waals surface area (Å²) in [6.07, 6.45) is 8.11. The number of nitrogens with one attached hydrogen (secondary N) is 2. The lowest BCUT2D eigenvalue weighted by atomic mass is 9.96. The second kappa shape index (κ2) is 7.85. The molecule has 2 fully saturated rings. The molecule has 0 aromatic rings. The van der Waals surface area contributed by atoms with Crippen molar-refractivity contribution < 1.29 is 9.53 Å². The lowest BCUT2D eigenvalue weighted by Crippen LogP contribution is -2.33. The number of carbonyl (C=O) groups excluding carboxylic acids is 1. The lowest BCUT2D eigenvalue weighted by molar-refractivity contribution is -0.121. The Labute approximate surface area is 116 Å². The van der Waals surface area contributed by atoms with Crippen molar-refractivity contribution in [2.75, 3.05) is 19.6 Å². The number of amides is 1. The topological polar surface area (TPSA) is 50.4 Å².